The van der Waals surface area contributed by atoms with Crippen LogP contribution in [0.15, 0.2) is 78.3 Å². The van der Waals surface area contributed by atoms with Crippen LogP contribution in [0.1, 0.15) is 27.7 Å². The molecule has 2 aromatic carbocycles. The quantitative estimate of drug-likeness (QED) is 0.397. The Kier molecular flexibility index (Phi) is 9.05. The molecule has 10 nitrogen and oxygen atoms in total. The number of nitrogens with two attached hydrogens (primary N) is 4. The molecule has 0 bridgehead atoms. The molecular weight excluding hydrogens is 539 g/mol. The van der Waals surface area contributed by atoms with Crippen molar-refractivity contribution < 1.29 is 0 Å². The highest BCUT2D eigenvalue weighted by Gasteiger charge is 2.34. The van der Waals surface area contributed by atoms with Crippen molar-refractivity contribution >= 4 is 81.6 Å². The van der Waals surface area contributed by atoms with Crippen LogP contribution >= 0.6 is 46.4 Å². The summed E-state index contributed by atoms with van der Waals surface area (Å²) in [4.78, 5) is 22.9. The first-order chi connectivity index (χ1) is 16.0. The van der Waals surface area contributed by atoms with Gasteiger partial charge >= 0.3 is 0 Å². The summed E-state index contributed by atoms with van der Waals surface area (Å²) in [6.07, 6.45) is 0. The van der Waals surface area contributed by atoms with Crippen LogP contribution in [0, 0.1) is 0 Å². The molecule has 36 heavy (non-hydrogen) atoms. The molecule has 2 aliphatic heterocycles. The van der Waals surface area contributed by atoms with Gasteiger partial charge in [0.05, 0.1) is 0 Å². The Labute approximate surface area is 231 Å². The number of nitrogens with zero attached hydrogens (tertiary/aromatic N) is 6. The van der Waals surface area contributed by atoms with E-state index in [1.165, 1.54) is 0 Å². The second-order valence-electron chi connectivity index (χ2n) is 8.69. The lowest BCUT2D eigenvalue weighted by Gasteiger charge is -2.38. The molecule has 0 radical (unpaired) electrons. The maximum atomic E-state index is 6.12. The van der Waals surface area contributed by atoms with Crippen LogP contribution in [0.5, 0.6) is 0 Å². The van der Waals surface area contributed by atoms with Crippen LogP contribution in [0.25, 0.3) is 0 Å². The van der Waals surface area contributed by atoms with Gasteiger partial charge in [0.15, 0.2) is 0 Å². The molecule has 0 atom stereocenters. The molecule has 2 aliphatic rings. The number of guanidine groups is 4. The van der Waals surface area contributed by atoms with Crippen LogP contribution in [0.2, 0.25) is 0 Å². The third kappa shape index (κ3) is 6.12. The van der Waals surface area contributed by atoms with Crippen LogP contribution in [-0.2, 0) is 0 Å². The number of hydrogen-bond acceptors (Lipinski definition) is 12. The Bertz CT molecular complexity index is 1110. The molecule has 0 fully saturated rings. The van der Waals surface area contributed by atoms with Gasteiger partial charge < -0.3 is 22.9 Å². The molecule has 0 saturated heterocycles. The van der Waals surface area contributed by atoms with Gasteiger partial charge in [0, 0.05) is 21.2 Å². The molecule has 8 N–H and O–H groups in total. The molecule has 0 amide bonds. The Hall–Kier alpha value is -2.80. The maximum absolute atomic E-state index is 6.12. The van der Waals surface area contributed by atoms with E-state index in [-0.39, 0.29) is 36.7 Å². The average molecular weight is 570 g/mol. The first-order valence-corrected chi connectivity index (χ1v) is 12.7. The van der Waals surface area contributed by atoms with Gasteiger partial charge in [-0.15, -0.1) is 24.8 Å². The summed E-state index contributed by atoms with van der Waals surface area (Å²) in [5.41, 5.74) is 24.3. The van der Waals surface area contributed by atoms with Gasteiger partial charge in [-0.3, -0.25) is 9.80 Å². The highest BCUT2D eigenvalue weighted by molar-refractivity contribution is 8.76. The van der Waals surface area contributed by atoms with E-state index in [2.05, 4.69) is 20.0 Å². The van der Waals surface area contributed by atoms with Crippen molar-refractivity contribution in [2.75, 3.05) is 9.80 Å². The lowest BCUT2D eigenvalue weighted by atomic mass is 10.1. The molecule has 0 aliphatic carbocycles. The van der Waals surface area contributed by atoms with Crippen molar-refractivity contribution in [3.05, 3.63) is 48.5 Å². The lowest BCUT2D eigenvalue weighted by Crippen LogP contribution is -2.54. The van der Waals surface area contributed by atoms with Crippen LogP contribution in [0.4, 0.5) is 11.4 Å². The van der Waals surface area contributed by atoms with Crippen LogP contribution < -0.4 is 32.7 Å². The van der Waals surface area contributed by atoms with E-state index in [1.807, 2.05) is 86.0 Å². The maximum Gasteiger partial charge on any atom is 0.220 e. The Balaban J connectivity index is 0.00000228. The van der Waals surface area contributed by atoms with Crippen molar-refractivity contribution in [1.29, 1.82) is 0 Å². The molecule has 4 rings (SSSR count). The van der Waals surface area contributed by atoms with E-state index in [0.717, 1.165) is 21.2 Å². The lowest BCUT2D eigenvalue weighted by molar-refractivity contribution is 0.533. The Morgan fingerprint density at radius 1 is 0.583 bits per heavy atom. The molecule has 2 aromatic rings. The van der Waals surface area contributed by atoms with E-state index < -0.39 is 11.3 Å². The molecule has 0 saturated carbocycles. The summed E-state index contributed by atoms with van der Waals surface area (Å²) in [6, 6.07) is 16.2. The van der Waals surface area contributed by atoms with Crippen molar-refractivity contribution in [3.8, 4) is 0 Å². The zero-order chi connectivity index (χ0) is 24.7. The minimum absolute atomic E-state index is 0. The topological polar surface area (TPSA) is 160 Å². The molecule has 0 spiro atoms. The summed E-state index contributed by atoms with van der Waals surface area (Å²) < 4.78 is 0. The first kappa shape index (κ1) is 29.4. The predicted molar refractivity (Wildman–Crippen MR) is 159 cm³/mol. The predicted octanol–water partition coefficient (Wildman–Crippen LogP) is 3.70. The number of halogens is 2. The minimum atomic E-state index is -0.616. The second-order valence-corrected chi connectivity index (χ2v) is 11.0. The summed E-state index contributed by atoms with van der Waals surface area (Å²) in [5.74, 6) is 1.01. The number of benzene rings is 2. The first-order valence-electron chi connectivity index (χ1n) is 10.5. The highest BCUT2D eigenvalue weighted by atomic mass is 35.5. The molecule has 194 valence electrons. The second kappa shape index (κ2) is 11.1. The van der Waals surface area contributed by atoms with Crippen LogP contribution in [-0.4, -0.2) is 35.2 Å². The standard InChI is InChI=1S/C22H28N10S2.2ClH/c1-21(2)29-17(23)27-19(25)31(21)13-5-9-15(10-6-13)33-34-16-11-7-14(8-12-16)32-20(26)28-18(24)30-22(32,3)4;;/h5-12H,1-4H3,(H4,23,25,27,29)(H4,24,26,28,30);2*1H. The fourth-order valence-corrected chi connectivity index (χ4v) is 5.83. The molecule has 2 heterocycles. The average Bonchev–Trinajstić information content (AvgIpc) is 2.71. The van der Waals surface area contributed by atoms with Crippen molar-refractivity contribution in [2.24, 2.45) is 42.9 Å². The minimum Gasteiger partial charge on any atom is -0.369 e. The summed E-state index contributed by atoms with van der Waals surface area (Å²) in [7, 11) is 3.32. The summed E-state index contributed by atoms with van der Waals surface area (Å²) in [6.45, 7) is 7.76. The zero-order valence-electron chi connectivity index (χ0n) is 20.2. The molecule has 0 aromatic heterocycles. The van der Waals surface area contributed by atoms with E-state index in [1.54, 1.807) is 21.6 Å². The van der Waals surface area contributed by atoms with E-state index in [9.17, 15) is 0 Å². The zero-order valence-corrected chi connectivity index (χ0v) is 23.5. The van der Waals surface area contributed by atoms with Gasteiger partial charge in [-0.05, 0) is 76.2 Å². The van der Waals surface area contributed by atoms with E-state index >= 15 is 0 Å². The highest BCUT2D eigenvalue weighted by Crippen LogP contribution is 2.39. The van der Waals surface area contributed by atoms with Gasteiger partial charge in [0.1, 0.15) is 11.3 Å². The third-order valence-electron chi connectivity index (χ3n) is 5.21. The SMILES string of the molecule is CC1(C)N=C(N)N=C(N)N1c1ccc(SSc2ccc(N3C(N)=NC(N)=NC3(C)C)cc2)cc1.Cl.Cl. The fourth-order valence-electron chi connectivity index (χ4n) is 3.90. The van der Waals surface area contributed by atoms with E-state index in [4.69, 9.17) is 22.9 Å². The van der Waals surface area contributed by atoms with Crippen molar-refractivity contribution in [2.45, 2.75) is 48.8 Å². The number of hydrogen-bond donors (Lipinski definition) is 4. The number of aliphatic imine (C=N–C) groups is 4. The van der Waals surface area contributed by atoms with Crippen molar-refractivity contribution in [1.82, 2.24) is 0 Å². The monoisotopic (exact) mass is 568 g/mol. The van der Waals surface area contributed by atoms with Gasteiger partial charge in [0.25, 0.3) is 0 Å². The summed E-state index contributed by atoms with van der Waals surface area (Å²) >= 11 is 0. The number of anilines is 2. The van der Waals surface area contributed by atoms with Crippen LogP contribution in [0.3, 0.4) is 0 Å². The molecular formula is C22H30Cl2N10S2. The van der Waals surface area contributed by atoms with Gasteiger partial charge in [-0.1, -0.05) is 21.6 Å². The van der Waals surface area contributed by atoms with Crippen molar-refractivity contribution in [3.63, 3.8) is 0 Å². The Morgan fingerprint density at radius 3 is 1.17 bits per heavy atom. The normalized spacial score (nSPS) is 18.1. The molecule has 0 unspecified atom stereocenters. The largest absolute Gasteiger partial charge is 0.369 e. The number of rotatable bonds is 5. The smallest absolute Gasteiger partial charge is 0.220 e. The van der Waals surface area contributed by atoms with Gasteiger partial charge in [-0.25, -0.2) is 9.98 Å². The molecule has 14 heteroatoms. The third-order valence-corrected chi connectivity index (χ3v) is 7.63. The van der Waals surface area contributed by atoms with Gasteiger partial charge in [0.2, 0.25) is 23.8 Å². The van der Waals surface area contributed by atoms with E-state index in [0.29, 0.717) is 11.9 Å². The summed E-state index contributed by atoms with van der Waals surface area (Å²) in [5, 5.41) is 0. The fraction of sp³-hybridized carbons (Fsp3) is 0.273. The van der Waals surface area contributed by atoms with Gasteiger partial charge in [-0.2, -0.15) is 9.98 Å². The Morgan fingerprint density at radius 2 is 0.889 bits per heavy atom.